The number of hydrogen-bond acceptors (Lipinski definition) is 10. The molecule has 268 valence electrons. The number of nitrogens with one attached hydrogen (secondary N) is 1. The van der Waals surface area contributed by atoms with E-state index >= 15 is 0 Å². The summed E-state index contributed by atoms with van der Waals surface area (Å²) in [5.41, 5.74) is 2.54. The summed E-state index contributed by atoms with van der Waals surface area (Å²) in [6.07, 6.45) is 0. The Morgan fingerprint density at radius 1 is 0.776 bits per heavy atom. The van der Waals surface area contributed by atoms with Crippen molar-refractivity contribution in [1.29, 1.82) is 0 Å². The number of rotatable bonds is 19. The molecule has 0 fully saturated rings. The predicted octanol–water partition coefficient (Wildman–Crippen LogP) is 4.11. The van der Waals surface area contributed by atoms with Gasteiger partial charge in [-0.1, -0.05) is 6.07 Å². The first-order valence-electron chi connectivity index (χ1n) is 16.7. The van der Waals surface area contributed by atoms with Crippen molar-refractivity contribution in [3.8, 4) is 22.5 Å². The third kappa shape index (κ3) is 9.45. The van der Waals surface area contributed by atoms with E-state index in [-0.39, 0.29) is 30.2 Å². The van der Waals surface area contributed by atoms with Crippen molar-refractivity contribution in [2.24, 2.45) is 0 Å². The van der Waals surface area contributed by atoms with E-state index in [0.717, 1.165) is 43.3 Å². The second kappa shape index (κ2) is 17.5. The molecular weight excluding hydrogens is 671 g/mol. The van der Waals surface area contributed by atoms with Gasteiger partial charge in [0.2, 0.25) is 15.4 Å². The van der Waals surface area contributed by atoms with Crippen molar-refractivity contribution in [3.63, 3.8) is 0 Å². The standard InChI is InChI=1S/C35H47N3O9S2/c1-6-37(7-2)26-11-14-29-32(23-26)47-33-24-27(38(8-3)9-4)12-15-30(33)35(29)31-16-13-28(25-34(31)49(41,42)43)48(39,40)36-17-18-45-21-22-46-20-19-44-10-5/h11-16,23-25,36H,6-10,17-22H2,1-5H3. The van der Waals surface area contributed by atoms with Crippen LogP contribution in [0.15, 0.2) is 68.8 Å². The van der Waals surface area contributed by atoms with Crippen LogP contribution in [-0.2, 0) is 34.4 Å². The summed E-state index contributed by atoms with van der Waals surface area (Å²) in [7, 11) is -9.33. The maximum atomic E-state index is 13.2. The highest BCUT2D eigenvalue weighted by molar-refractivity contribution is 7.89. The van der Waals surface area contributed by atoms with Crippen LogP contribution in [0.5, 0.6) is 0 Å². The van der Waals surface area contributed by atoms with Crippen LogP contribution in [0.4, 0.5) is 5.69 Å². The molecule has 0 bridgehead atoms. The zero-order valence-corrected chi connectivity index (χ0v) is 30.5. The molecule has 0 amide bonds. The zero-order chi connectivity index (χ0) is 35.6. The van der Waals surface area contributed by atoms with Gasteiger partial charge in [-0.15, -0.1) is 0 Å². The monoisotopic (exact) mass is 717 g/mol. The summed E-state index contributed by atoms with van der Waals surface area (Å²) in [4.78, 5) is 1.16. The van der Waals surface area contributed by atoms with Crippen LogP contribution < -0.4 is 19.6 Å². The molecule has 14 heteroatoms. The molecule has 2 aromatic carbocycles. The Morgan fingerprint density at radius 3 is 2.06 bits per heavy atom. The van der Waals surface area contributed by atoms with Crippen LogP contribution >= 0.6 is 0 Å². The van der Waals surface area contributed by atoms with Crippen molar-refractivity contribution in [2.45, 2.75) is 44.4 Å². The minimum absolute atomic E-state index is 0.0648. The number of anilines is 1. The summed E-state index contributed by atoms with van der Waals surface area (Å²) in [6, 6.07) is 14.9. The Morgan fingerprint density at radius 2 is 1.43 bits per heavy atom. The lowest BCUT2D eigenvalue weighted by atomic mass is 9.93. The van der Waals surface area contributed by atoms with Crippen LogP contribution in [0.1, 0.15) is 34.6 Å². The molecule has 1 aliphatic heterocycles. The van der Waals surface area contributed by atoms with Gasteiger partial charge in [-0.2, -0.15) is 0 Å². The number of hydrogen-bond donors (Lipinski definition) is 1. The van der Waals surface area contributed by atoms with E-state index in [0.29, 0.717) is 54.3 Å². The molecule has 1 N–H and O–H groups in total. The molecule has 2 aliphatic rings. The molecule has 2 aromatic rings. The summed E-state index contributed by atoms with van der Waals surface area (Å²) < 4.78 is 91.9. The molecule has 0 saturated heterocycles. The molecular formula is C35H47N3O9S2. The predicted molar refractivity (Wildman–Crippen MR) is 189 cm³/mol. The van der Waals surface area contributed by atoms with Gasteiger partial charge in [-0.3, -0.25) is 0 Å². The Kier molecular flexibility index (Phi) is 13.7. The van der Waals surface area contributed by atoms with Gasteiger partial charge in [-0.25, -0.2) is 26.1 Å². The average Bonchev–Trinajstić information content (AvgIpc) is 3.08. The minimum Gasteiger partial charge on any atom is -0.744 e. The Balaban J connectivity index is 1.76. The molecule has 0 unspecified atom stereocenters. The quantitative estimate of drug-likeness (QED) is 0.0650. The van der Waals surface area contributed by atoms with E-state index in [9.17, 15) is 21.4 Å². The van der Waals surface area contributed by atoms with Gasteiger partial charge in [0.1, 0.15) is 34.6 Å². The molecule has 0 spiro atoms. The fraction of sp³-hybridized carbons (Fsp3) is 0.457. The normalized spacial score (nSPS) is 12.2. The molecule has 1 aliphatic carbocycles. The highest BCUT2D eigenvalue weighted by Crippen LogP contribution is 2.43. The van der Waals surface area contributed by atoms with Crippen molar-refractivity contribution in [2.75, 3.05) is 77.3 Å². The molecule has 12 nitrogen and oxygen atoms in total. The number of ether oxygens (including phenoxy) is 3. The lowest BCUT2D eigenvalue weighted by Crippen LogP contribution is -2.29. The van der Waals surface area contributed by atoms with Crippen molar-refractivity contribution < 1.29 is 40.0 Å². The molecule has 0 saturated carbocycles. The first-order valence-corrected chi connectivity index (χ1v) is 19.5. The highest BCUT2D eigenvalue weighted by Gasteiger charge is 2.25. The van der Waals surface area contributed by atoms with E-state index in [1.165, 1.54) is 12.1 Å². The Bertz CT molecular complexity index is 1970. The van der Waals surface area contributed by atoms with E-state index in [1.807, 2.05) is 43.3 Å². The van der Waals surface area contributed by atoms with E-state index in [2.05, 4.69) is 41.9 Å². The summed E-state index contributed by atoms with van der Waals surface area (Å²) in [5.74, 6) is 0.496. The SMILES string of the molecule is CCOCCOCCOCCNS(=O)(=O)c1ccc(-c2c3ccc(=[N+](CC)CC)cc-3oc3cc(N(CC)CC)ccc23)c(S(=O)(=O)[O-])c1. The van der Waals surface area contributed by atoms with E-state index < -0.39 is 25.0 Å². The van der Waals surface area contributed by atoms with Gasteiger partial charge >= 0.3 is 0 Å². The first kappa shape index (κ1) is 38.4. The van der Waals surface area contributed by atoms with E-state index in [1.54, 1.807) is 0 Å². The molecule has 0 radical (unpaired) electrons. The van der Waals surface area contributed by atoms with Gasteiger partial charge in [0.15, 0.2) is 0 Å². The number of fused-ring (bicyclic) bond motifs is 2. The highest BCUT2D eigenvalue weighted by atomic mass is 32.2. The van der Waals surface area contributed by atoms with Gasteiger partial charge < -0.3 is 28.1 Å². The summed E-state index contributed by atoms with van der Waals surface area (Å²) in [5, 5.41) is 1.50. The van der Waals surface area contributed by atoms with Crippen LogP contribution in [0.3, 0.4) is 0 Å². The third-order valence-corrected chi connectivity index (χ3v) is 10.6. The molecule has 49 heavy (non-hydrogen) atoms. The Hall–Kier alpha value is -3.37. The fourth-order valence-corrected chi connectivity index (χ4v) is 7.55. The van der Waals surface area contributed by atoms with Crippen LogP contribution in [0.2, 0.25) is 0 Å². The topological polar surface area (TPSA) is 150 Å². The van der Waals surface area contributed by atoms with Crippen LogP contribution in [0, 0.1) is 0 Å². The number of sulfonamides is 1. The summed E-state index contributed by atoms with van der Waals surface area (Å²) in [6.45, 7) is 15.3. The van der Waals surface area contributed by atoms with Crippen LogP contribution in [-0.4, -0.2) is 93.8 Å². The van der Waals surface area contributed by atoms with Crippen molar-refractivity contribution in [3.05, 3.63) is 60.0 Å². The first-order chi connectivity index (χ1) is 23.5. The summed E-state index contributed by atoms with van der Waals surface area (Å²) >= 11 is 0. The molecule has 0 atom stereocenters. The Labute approximate surface area is 289 Å². The number of benzene rings is 3. The lowest BCUT2D eigenvalue weighted by Gasteiger charge is -2.23. The maximum absolute atomic E-state index is 13.2. The van der Waals surface area contributed by atoms with Crippen LogP contribution in [0.25, 0.3) is 33.4 Å². The molecule has 1 heterocycles. The fourth-order valence-electron chi connectivity index (χ4n) is 5.73. The van der Waals surface area contributed by atoms with E-state index in [4.69, 9.17) is 18.6 Å². The second-order valence-electron chi connectivity index (χ2n) is 11.1. The molecule has 4 rings (SSSR count). The smallest absolute Gasteiger partial charge is 0.240 e. The van der Waals surface area contributed by atoms with Gasteiger partial charge in [0.05, 0.1) is 48.9 Å². The van der Waals surface area contributed by atoms with Gasteiger partial charge in [0.25, 0.3) is 0 Å². The minimum atomic E-state index is -5.14. The average molecular weight is 718 g/mol. The van der Waals surface area contributed by atoms with Crippen molar-refractivity contribution >= 4 is 36.8 Å². The molecule has 0 aromatic heterocycles. The van der Waals surface area contributed by atoms with Gasteiger partial charge in [-0.05, 0) is 65.0 Å². The van der Waals surface area contributed by atoms with Crippen molar-refractivity contribution in [1.82, 2.24) is 9.30 Å². The largest absolute Gasteiger partial charge is 0.744 e. The maximum Gasteiger partial charge on any atom is 0.240 e. The second-order valence-corrected chi connectivity index (χ2v) is 14.2. The lowest BCUT2D eigenvalue weighted by molar-refractivity contribution is 0.0181. The zero-order valence-electron chi connectivity index (χ0n) is 28.9. The number of nitrogens with zero attached hydrogens (tertiary/aromatic N) is 2. The van der Waals surface area contributed by atoms with Gasteiger partial charge in [0, 0.05) is 66.1 Å². The third-order valence-electron chi connectivity index (χ3n) is 8.23.